The van der Waals surface area contributed by atoms with Gasteiger partial charge in [0.1, 0.15) is 0 Å². The van der Waals surface area contributed by atoms with Gasteiger partial charge in [-0.2, -0.15) is 5.06 Å². The number of nitrogens with zero attached hydrogens (tertiary/aromatic N) is 2. The Morgan fingerprint density at radius 2 is 2.69 bits per heavy atom. The van der Waals surface area contributed by atoms with Crippen LogP contribution in [0.3, 0.4) is 0 Å². The number of β-amino-alcohol motifs (C(OH)–C–C–N with tert-alkyl or cyclic N) is 1. The van der Waals surface area contributed by atoms with Crippen molar-refractivity contribution in [3.05, 3.63) is 15.5 Å². The third-order valence-corrected chi connectivity index (χ3v) is 2.82. The number of aliphatic hydroxyl groups excluding tert-OH is 1. The van der Waals surface area contributed by atoms with E-state index in [0.717, 1.165) is 4.88 Å². The summed E-state index contributed by atoms with van der Waals surface area (Å²) in [4.78, 5) is 10.2. The maximum Gasteiger partial charge on any atom is 0.183 e. The average molecular weight is 221 g/mol. The fourth-order valence-electron chi connectivity index (χ4n) is 1.17. The number of hydrogen-bond donors (Lipinski definition) is 1. The highest BCUT2D eigenvalue weighted by Gasteiger charge is 2.21. The summed E-state index contributed by atoms with van der Waals surface area (Å²) in [6.45, 7) is 1.57. The van der Waals surface area contributed by atoms with Gasteiger partial charge in [0.05, 0.1) is 25.8 Å². The first-order valence-corrected chi connectivity index (χ1v) is 5.09. The van der Waals surface area contributed by atoms with Crippen molar-refractivity contribution < 1.29 is 9.94 Å². The lowest BCUT2D eigenvalue weighted by atomic mass is 10.4. The molecule has 0 spiro atoms. The highest BCUT2D eigenvalue weighted by atomic mass is 35.5. The molecule has 0 radical (unpaired) electrons. The third kappa shape index (κ3) is 2.38. The smallest absolute Gasteiger partial charge is 0.183 e. The Hall–Kier alpha value is -0.200. The zero-order chi connectivity index (χ0) is 9.26. The number of aromatic nitrogens is 1. The third-order valence-electron chi connectivity index (χ3n) is 1.72. The van der Waals surface area contributed by atoms with Gasteiger partial charge in [-0.15, -0.1) is 11.3 Å². The molecule has 0 amide bonds. The minimum atomic E-state index is -0.372. The summed E-state index contributed by atoms with van der Waals surface area (Å²) < 4.78 is 0.537. The molecule has 1 N–H and O–H groups in total. The van der Waals surface area contributed by atoms with Crippen LogP contribution < -0.4 is 0 Å². The quantitative estimate of drug-likeness (QED) is 0.805. The van der Waals surface area contributed by atoms with Gasteiger partial charge in [-0.3, -0.25) is 4.84 Å². The van der Waals surface area contributed by atoms with E-state index in [1.807, 2.05) is 0 Å². The molecular formula is C7H9ClN2O2S. The molecule has 0 bridgehead atoms. The minimum Gasteiger partial charge on any atom is -0.389 e. The molecule has 2 rings (SSSR count). The second kappa shape index (κ2) is 3.89. The van der Waals surface area contributed by atoms with E-state index in [0.29, 0.717) is 24.2 Å². The maximum absolute atomic E-state index is 9.18. The summed E-state index contributed by atoms with van der Waals surface area (Å²) >= 11 is 7.10. The van der Waals surface area contributed by atoms with Crippen LogP contribution in [0.5, 0.6) is 0 Å². The van der Waals surface area contributed by atoms with E-state index in [-0.39, 0.29) is 6.10 Å². The lowest BCUT2D eigenvalue weighted by molar-refractivity contribution is -0.117. The van der Waals surface area contributed by atoms with Gasteiger partial charge in [-0.25, -0.2) is 4.98 Å². The molecule has 1 aromatic rings. The standard InChI is InChI=1S/C7H9ClN2O2S/c8-7-9-1-6(13-7)3-10-2-5(11)4-12-10/h1,5,11H,2-4H2. The molecule has 1 aliphatic heterocycles. The summed E-state index contributed by atoms with van der Waals surface area (Å²) in [5.41, 5.74) is 0. The van der Waals surface area contributed by atoms with Crippen LogP contribution in [0.4, 0.5) is 0 Å². The van der Waals surface area contributed by atoms with Crippen molar-refractivity contribution >= 4 is 22.9 Å². The first kappa shape index (κ1) is 9.36. The first-order valence-electron chi connectivity index (χ1n) is 3.90. The van der Waals surface area contributed by atoms with Gasteiger partial charge in [0.2, 0.25) is 0 Å². The largest absolute Gasteiger partial charge is 0.389 e. The molecule has 13 heavy (non-hydrogen) atoms. The highest BCUT2D eigenvalue weighted by molar-refractivity contribution is 7.15. The van der Waals surface area contributed by atoms with E-state index in [1.165, 1.54) is 11.3 Å². The van der Waals surface area contributed by atoms with Crippen molar-refractivity contribution in [3.8, 4) is 0 Å². The van der Waals surface area contributed by atoms with Gasteiger partial charge in [0.25, 0.3) is 0 Å². The van der Waals surface area contributed by atoms with Crippen LogP contribution >= 0.6 is 22.9 Å². The SMILES string of the molecule is OC1CON(Cc2cnc(Cl)s2)C1. The molecule has 1 aromatic heterocycles. The zero-order valence-electron chi connectivity index (χ0n) is 6.81. The zero-order valence-corrected chi connectivity index (χ0v) is 8.38. The fraction of sp³-hybridized carbons (Fsp3) is 0.571. The maximum atomic E-state index is 9.18. The van der Waals surface area contributed by atoms with E-state index in [9.17, 15) is 5.11 Å². The van der Waals surface area contributed by atoms with Crippen LogP contribution in [-0.2, 0) is 11.4 Å². The Labute approximate surface area is 84.7 Å². The number of rotatable bonds is 2. The van der Waals surface area contributed by atoms with Crippen molar-refractivity contribution in [1.29, 1.82) is 0 Å². The molecule has 1 saturated heterocycles. The fourth-order valence-corrected chi connectivity index (χ4v) is 2.15. The van der Waals surface area contributed by atoms with E-state index in [1.54, 1.807) is 11.3 Å². The molecule has 72 valence electrons. The molecule has 6 heteroatoms. The second-order valence-corrected chi connectivity index (χ2v) is 4.55. The van der Waals surface area contributed by atoms with E-state index in [4.69, 9.17) is 16.4 Å². The van der Waals surface area contributed by atoms with E-state index >= 15 is 0 Å². The summed E-state index contributed by atoms with van der Waals surface area (Å²) in [7, 11) is 0. The molecule has 0 saturated carbocycles. The molecule has 1 fully saturated rings. The van der Waals surface area contributed by atoms with Crippen LogP contribution in [0.25, 0.3) is 0 Å². The average Bonchev–Trinajstić information content (AvgIpc) is 2.62. The summed E-state index contributed by atoms with van der Waals surface area (Å²) in [6.07, 6.45) is 1.35. The first-order chi connectivity index (χ1) is 6.24. The molecule has 1 atom stereocenters. The molecule has 1 aliphatic rings. The molecule has 4 nitrogen and oxygen atoms in total. The van der Waals surface area contributed by atoms with Crippen molar-refractivity contribution in [3.63, 3.8) is 0 Å². The summed E-state index contributed by atoms with van der Waals surface area (Å²) in [5.74, 6) is 0. The predicted molar refractivity (Wildman–Crippen MR) is 49.5 cm³/mol. The van der Waals surface area contributed by atoms with Gasteiger partial charge in [0.15, 0.2) is 4.47 Å². The van der Waals surface area contributed by atoms with Crippen molar-refractivity contribution in [2.45, 2.75) is 12.6 Å². The van der Waals surface area contributed by atoms with Crippen LogP contribution in [-0.4, -0.2) is 34.4 Å². The van der Waals surface area contributed by atoms with E-state index in [2.05, 4.69) is 4.98 Å². The van der Waals surface area contributed by atoms with Gasteiger partial charge in [-0.1, -0.05) is 11.6 Å². The predicted octanol–water partition coefficient (Wildman–Crippen LogP) is 0.905. The molecule has 1 unspecified atom stereocenters. The number of thiazole rings is 1. The monoisotopic (exact) mass is 220 g/mol. The number of hydroxylamine groups is 2. The molecule has 0 aromatic carbocycles. The van der Waals surface area contributed by atoms with Crippen LogP contribution in [0.15, 0.2) is 6.20 Å². The van der Waals surface area contributed by atoms with Crippen molar-refractivity contribution in [1.82, 2.24) is 10.0 Å². The van der Waals surface area contributed by atoms with Gasteiger partial charge in [0, 0.05) is 11.1 Å². The lowest BCUT2D eigenvalue weighted by Gasteiger charge is -2.10. The van der Waals surface area contributed by atoms with Crippen LogP contribution in [0, 0.1) is 0 Å². The summed E-state index contributed by atoms with van der Waals surface area (Å²) in [5, 5.41) is 10.9. The van der Waals surface area contributed by atoms with Crippen molar-refractivity contribution in [2.75, 3.05) is 13.2 Å². The Morgan fingerprint density at radius 3 is 3.23 bits per heavy atom. The number of hydrogen-bond acceptors (Lipinski definition) is 5. The normalized spacial score (nSPS) is 24.0. The highest BCUT2D eigenvalue weighted by Crippen LogP contribution is 2.20. The van der Waals surface area contributed by atoms with Gasteiger partial charge < -0.3 is 5.11 Å². The Bertz CT molecular complexity index is 294. The molecular weight excluding hydrogens is 212 g/mol. The molecule has 2 heterocycles. The van der Waals surface area contributed by atoms with Gasteiger partial charge >= 0.3 is 0 Å². The second-order valence-electron chi connectivity index (χ2n) is 2.85. The summed E-state index contributed by atoms with van der Waals surface area (Å²) in [6, 6.07) is 0. The number of halogens is 1. The van der Waals surface area contributed by atoms with Crippen molar-refractivity contribution in [2.24, 2.45) is 0 Å². The Balaban J connectivity index is 1.91. The minimum absolute atomic E-state index is 0.372. The van der Waals surface area contributed by atoms with Crippen LogP contribution in [0.1, 0.15) is 4.88 Å². The number of aliphatic hydroxyl groups is 1. The lowest BCUT2D eigenvalue weighted by Crippen LogP contribution is -2.19. The van der Waals surface area contributed by atoms with E-state index < -0.39 is 0 Å². The van der Waals surface area contributed by atoms with Crippen LogP contribution in [0.2, 0.25) is 4.47 Å². The van der Waals surface area contributed by atoms with Gasteiger partial charge in [-0.05, 0) is 0 Å². The molecule has 0 aliphatic carbocycles. The Kier molecular flexibility index (Phi) is 2.80. The Morgan fingerprint density at radius 1 is 1.85 bits per heavy atom. The topological polar surface area (TPSA) is 45.6 Å².